The van der Waals surface area contributed by atoms with Crippen LogP contribution in [-0.4, -0.2) is 12.1 Å². The predicted molar refractivity (Wildman–Crippen MR) is 65.0 cm³/mol. The smallest absolute Gasteiger partial charge is 0.216 e. The van der Waals surface area contributed by atoms with Crippen molar-refractivity contribution < 1.29 is 13.9 Å². The Hall–Kier alpha value is -1.62. The van der Waals surface area contributed by atoms with Crippen molar-refractivity contribution in [1.29, 1.82) is 0 Å². The highest BCUT2D eigenvalue weighted by Crippen LogP contribution is 2.27. The summed E-state index contributed by atoms with van der Waals surface area (Å²) < 4.78 is 23.9. The number of benzene rings is 1. The Labute approximate surface area is 106 Å². The van der Waals surface area contributed by atoms with Crippen LogP contribution in [0.4, 0.5) is 4.39 Å². The van der Waals surface area contributed by atoms with Crippen LogP contribution in [0.3, 0.4) is 0 Å². The van der Waals surface area contributed by atoms with Gasteiger partial charge in [-0.25, -0.2) is 9.37 Å². The van der Waals surface area contributed by atoms with E-state index < -0.39 is 0 Å². The number of ether oxygens (including phenoxy) is 2. The largest absolute Gasteiger partial charge is 0.481 e. The van der Waals surface area contributed by atoms with Crippen LogP contribution in [0, 0.1) is 5.82 Å². The van der Waals surface area contributed by atoms with E-state index in [4.69, 9.17) is 9.47 Å². The van der Waals surface area contributed by atoms with Gasteiger partial charge in [0, 0.05) is 12.3 Å². The fourth-order valence-electron chi connectivity index (χ4n) is 1.24. The van der Waals surface area contributed by atoms with Gasteiger partial charge in [-0.1, -0.05) is 0 Å². The highest BCUT2D eigenvalue weighted by atomic mass is 79.9. The fourth-order valence-corrected chi connectivity index (χ4v) is 1.60. The van der Waals surface area contributed by atoms with Crippen molar-refractivity contribution in [1.82, 2.24) is 4.98 Å². The molecule has 1 aromatic heterocycles. The molecule has 2 aromatic rings. The predicted octanol–water partition coefficient (Wildman–Crippen LogP) is 3.78. The molecule has 0 bridgehead atoms. The van der Waals surface area contributed by atoms with Gasteiger partial charge >= 0.3 is 0 Å². The number of hydrogen-bond donors (Lipinski definition) is 0. The Morgan fingerprint density at radius 2 is 1.94 bits per heavy atom. The number of nitrogens with zero attached hydrogens (tertiary/aromatic N) is 1. The van der Waals surface area contributed by atoms with Gasteiger partial charge in [-0.15, -0.1) is 0 Å². The molecule has 0 saturated carbocycles. The Balaban J connectivity index is 2.22. The minimum Gasteiger partial charge on any atom is -0.481 e. The van der Waals surface area contributed by atoms with Crippen molar-refractivity contribution in [3.63, 3.8) is 0 Å². The minimum atomic E-state index is -0.329. The molecular formula is C12H9BrFNO2. The van der Waals surface area contributed by atoms with E-state index >= 15 is 0 Å². The van der Waals surface area contributed by atoms with Crippen molar-refractivity contribution >= 4 is 15.9 Å². The highest BCUT2D eigenvalue weighted by molar-refractivity contribution is 9.10. The lowest BCUT2D eigenvalue weighted by Crippen LogP contribution is -1.89. The molecule has 0 amide bonds. The highest BCUT2D eigenvalue weighted by Gasteiger charge is 2.03. The summed E-state index contributed by atoms with van der Waals surface area (Å²) in [6, 6.07) is 7.78. The monoisotopic (exact) mass is 297 g/mol. The topological polar surface area (TPSA) is 31.4 Å². The minimum absolute atomic E-state index is 0.329. The van der Waals surface area contributed by atoms with E-state index in [0.29, 0.717) is 21.9 Å². The van der Waals surface area contributed by atoms with Crippen molar-refractivity contribution in [2.75, 3.05) is 7.11 Å². The molecule has 0 spiro atoms. The van der Waals surface area contributed by atoms with Gasteiger partial charge in [0.1, 0.15) is 17.3 Å². The first-order valence-corrected chi connectivity index (χ1v) is 5.61. The quantitative estimate of drug-likeness (QED) is 0.864. The molecule has 0 aliphatic heterocycles. The van der Waals surface area contributed by atoms with Crippen LogP contribution in [-0.2, 0) is 0 Å². The van der Waals surface area contributed by atoms with Crippen LogP contribution in [0.1, 0.15) is 0 Å². The Morgan fingerprint density at radius 1 is 1.18 bits per heavy atom. The number of methoxy groups -OCH3 is 1. The standard InChI is InChI=1S/C12H9BrFNO2/c1-16-12-7-9(4-5-15-12)17-8-2-3-11(14)10(13)6-8/h2-7H,1H3. The van der Waals surface area contributed by atoms with Gasteiger partial charge in [-0.2, -0.15) is 0 Å². The van der Waals surface area contributed by atoms with Crippen molar-refractivity contribution in [2.24, 2.45) is 0 Å². The van der Waals surface area contributed by atoms with Gasteiger partial charge in [0.15, 0.2) is 0 Å². The second-order valence-corrected chi connectivity index (χ2v) is 4.07. The first-order chi connectivity index (χ1) is 8.19. The molecule has 5 heteroatoms. The zero-order valence-corrected chi connectivity index (χ0v) is 10.6. The normalized spacial score (nSPS) is 10.1. The molecule has 0 aliphatic carbocycles. The lowest BCUT2D eigenvalue weighted by Gasteiger charge is -2.07. The van der Waals surface area contributed by atoms with E-state index in [1.165, 1.54) is 13.2 Å². The van der Waals surface area contributed by atoms with Crippen LogP contribution in [0.5, 0.6) is 17.4 Å². The summed E-state index contributed by atoms with van der Waals surface area (Å²) in [6.45, 7) is 0. The molecule has 0 radical (unpaired) electrons. The molecule has 2 rings (SSSR count). The van der Waals surface area contributed by atoms with Gasteiger partial charge in [0.2, 0.25) is 5.88 Å². The summed E-state index contributed by atoms with van der Waals surface area (Å²) >= 11 is 3.10. The Kier molecular flexibility index (Phi) is 3.58. The second-order valence-electron chi connectivity index (χ2n) is 3.21. The summed E-state index contributed by atoms with van der Waals surface area (Å²) in [4.78, 5) is 3.96. The third-order valence-corrected chi connectivity index (χ3v) is 2.65. The number of hydrogen-bond acceptors (Lipinski definition) is 3. The maximum atomic E-state index is 13.0. The zero-order chi connectivity index (χ0) is 12.3. The molecule has 0 saturated heterocycles. The fraction of sp³-hybridized carbons (Fsp3) is 0.0833. The number of aromatic nitrogens is 1. The maximum absolute atomic E-state index is 13.0. The Morgan fingerprint density at radius 3 is 2.65 bits per heavy atom. The second kappa shape index (κ2) is 5.14. The third-order valence-electron chi connectivity index (χ3n) is 2.04. The SMILES string of the molecule is COc1cc(Oc2ccc(F)c(Br)c2)ccn1. The van der Waals surface area contributed by atoms with E-state index in [2.05, 4.69) is 20.9 Å². The van der Waals surface area contributed by atoms with E-state index in [-0.39, 0.29) is 5.82 Å². The molecule has 17 heavy (non-hydrogen) atoms. The van der Waals surface area contributed by atoms with E-state index in [0.717, 1.165) is 0 Å². The molecule has 0 atom stereocenters. The maximum Gasteiger partial charge on any atom is 0.216 e. The molecule has 0 fully saturated rings. The van der Waals surface area contributed by atoms with E-state index in [9.17, 15) is 4.39 Å². The molecule has 0 aliphatic rings. The Bertz CT molecular complexity index is 534. The van der Waals surface area contributed by atoms with Gasteiger partial charge in [0.05, 0.1) is 11.6 Å². The van der Waals surface area contributed by atoms with Gasteiger partial charge < -0.3 is 9.47 Å². The summed E-state index contributed by atoms with van der Waals surface area (Å²) in [5.41, 5.74) is 0. The first-order valence-electron chi connectivity index (χ1n) is 4.82. The number of rotatable bonds is 3. The summed E-state index contributed by atoms with van der Waals surface area (Å²) in [6.07, 6.45) is 1.58. The van der Waals surface area contributed by atoms with Gasteiger partial charge in [0.25, 0.3) is 0 Å². The molecular weight excluding hydrogens is 289 g/mol. The van der Waals surface area contributed by atoms with Crippen molar-refractivity contribution in [2.45, 2.75) is 0 Å². The van der Waals surface area contributed by atoms with Crippen molar-refractivity contribution in [3.05, 3.63) is 46.8 Å². The number of halogens is 2. The number of pyridine rings is 1. The molecule has 1 heterocycles. The zero-order valence-electron chi connectivity index (χ0n) is 8.98. The van der Waals surface area contributed by atoms with E-state index in [1.54, 1.807) is 30.5 Å². The van der Waals surface area contributed by atoms with E-state index in [1.807, 2.05) is 0 Å². The molecule has 0 N–H and O–H groups in total. The molecule has 88 valence electrons. The van der Waals surface area contributed by atoms with Crippen LogP contribution >= 0.6 is 15.9 Å². The average molecular weight is 298 g/mol. The van der Waals surface area contributed by atoms with Crippen molar-refractivity contribution in [3.8, 4) is 17.4 Å². The first kappa shape index (κ1) is 11.9. The lowest BCUT2D eigenvalue weighted by atomic mass is 10.3. The third kappa shape index (κ3) is 2.94. The summed E-state index contributed by atoms with van der Waals surface area (Å²) in [7, 11) is 1.53. The van der Waals surface area contributed by atoms with Crippen LogP contribution in [0.15, 0.2) is 41.0 Å². The van der Waals surface area contributed by atoms with Crippen LogP contribution in [0.2, 0.25) is 0 Å². The summed E-state index contributed by atoms with van der Waals surface area (Å²) in [5.74, 6) is 1.25. The molecule has 3 nitrogen and oxygen atoms in total. The molecule has 0 unspecified atom stereocenters. The van der Waals surface area contributed by atoms with Crippen LogP contribution < -0.4 is 9.47 Å². The average Bonchev–Trinajstić information content (AvgIpc) is 2.34. The van der Waals surface area contributed by atoms with Crippen LogP contribution in [0.25, 0.3) is 0 Å². The summed E-state index contributed by atoms with van der Waals surface area (Å²) in [5, 5.41) is 0. The van der Waals surface area contributed by atoms with Gasteiger partial charge in [-0.3, -0.25) is 0 Å². The molecule has 1 aromatic carbocycles. The van der Waals surface area contributed by atoms with Gasteiger partial charge in [-0.05, 0) is 40.2 Å². The lowest BCUT2D eigenvalue weighted by molar-refractivity contribution is 0.392.